The van der Waals surface area contributed by atoms with Crippen LogP contribution in [0.2, 0.25) is 0 Å². The summed E-state index contributed by atoms with van der Waals surface area (Å²) in [6.45, 7) is 5.86. The van der Waals surface area contributed by atoms with Gasteiger partial charge in [0.15, 0.2) is 0 Å². The maximum absolute atomic E-state index is 14.5. The third-order valence-corrected chi connectivity index (χ3v) is 8.91. The van der Waals surface area contributed by atoms with Crippen LogP contribution in [-0.2, 0) is 32.6 Å². The van der Waals surface area contributed by atoms with Gasteiger partial charge in [-0.2, -0.15) is 0 Å². The van der Waals surface area contributed by atoms with Crippen molar-refractivity contribution in [1.82, 2.24) is 10.2 Å². The van der Waals surface area contributed by atoms with Crippen molar-refractivity contribution in [3.8, 4) is 5.75 Å². The Morgan fingerprint density at radius 2 is 1.41 bits per heavy atom. The number of likely N-dealkylation sites (N-methyl/N-ethyl adjacent to an activating group) is 1. The summed E-state index contributed by atoms with van der Waals surface area (Å²) in [6, 6.07) is 31.0. The van der Waals surface area contributed by atoms with E-state index in [0.717, 1.165) is 21.0 Å². The van der Waals surface area contributed by atoms with E-state index in [2.05, 4.69) is 5.32 Å². The molecule has 4 aromatic rings. The second kappa shape index (κ2) is 15.2. The van der Waals surface area contributed by atoms with Gasteiger partial charge in [0, 0.05) is 19.5 Å². The highest BCUT2D eigenvalue weighted by Gasteiger charge is 2.35. The number of benzene rings is 4. The number of ether oxygens (including phenoxy) is 1. The topological polar surface area (TPSA) is 96.0 Å². The van der Waals surface area contributed by atoms with E-state index in [1.54, 1.807) is 42.5 Å². The standard InChI is InChI=1S/C35H39N3O5S/c1-4-36-35(40)32(24-28-14-8-6-9-15-28)37(25-29-22-20-27(3)21-23-29)34(39)26-38(31-18-12-13-19-33(31)43-5-2)44(41,42)30-16-10-7-11-17-30/h6-23,32H,4-5,24-26H2,1-3H3,(H,36,40)/t32-/m0/s1. The first-order valence-corrected chi connectivity index (χ1v) is 16.1. The molecule has 1 N–H and O–H groups in total. The second-order valence-corrected chi connectivity index (χ2v) is 12.2. The molecular formula is C35H39N3O5S. The number of nitrogens with one attached hydrogen (secondary N) is 1. The number of hydrogen-bond acceptors (Lipinski definition) is 5. The van der Waals surface area contributed by atoms with Gasteiger partial charge in [-0.3, -0.25) is 13.9 Å². The van der Waals surface area contributed by atoms with Crippen LogP contribution in [0.1, 0.15) is 30.5 Å². The van der Waals surface area contributed by atoms with Crippen LogP contribution in [0.4, 0.5) is 5.69 Å². The molecule has 0 radical (unpaired) electrons. The Kier molecular flexibility index (Phi) is 11.2. The molecule has 0 saturated carbocycles. The molecule has 0 spiro atoms. The van der Waals surface area contributed by atoms with Gasteiger partial charge in [0.2, 0.25) is 11.8 Å². The van der Waals surface area contributed by atoms with E-state index in [4.69, 9.17) is 4.74 Å². The first kappa shape index (κ1) is 32.3. The number of anilines is 1. The molecule has 0 heterocycles. The van der Waals surface area contributed by atoms with Crippen LogP contribution in [0.5, 0.6) is 5.75 Å². The summed E-state index contributed by atoms with van der Waals surface area (Å²) in [5, 5.41) is 2.88. The molecule has 0 aliphatic rings. The number of hydrogen-bond donors (Lipinski definition) is 1. The molecular weight excluding hydrogens is 574 g/mol. The van der Waals surface area contributed by atoms with Gasteiger partial charge in [-0.05, 0) is 56.2 Å². The number of aryl methyl sites for hydroxylation is 1. The molecule has 4 aromatic carbocycles. The highest BCUT2D eigenvalue weighted by Crippen LogP contribution is 2.33. The summed E-state index contributed by atoms with van der Waals surface area (Å²) in [5.74, 6) is -0.510. The molecule has 230 valence electrons. The average molecular weight is 614 g/mol. The molecule has 44 heavy (non-hydrogen) atoms. The number of sulfonamides is 1. The summed E-state index contributed by atoms with van der Waals surface area (Å²) in [7, 11) is -4.21. The number of para-hydroxylation sites is 2. The van der Waals surface area contributed by atoms with Crippen LogP contribution in [0.25, 0.3) is 0 Å². The molecule has 0 aliphatic heterocycles. The second-order valence-electron chi connectivity index (χ2n) is 10.3. The van der Waals surface area contributed by atoms with E-state index in [9.17, 15) is 18.0 Å². The average Bonchev–Trinajstić information content (AvgIpc) is 3.04. The Morgan fingerprint density at radius 1 is 0.795 bits per heavy atom. The van der Waals surface area contributed by atoms with Crippen molar-refractivity contribution in [2.45, 2.75) is 44.7 Å². The lowest BCUT2D eigenvalue weighted by Crippen LogP contribution is -2.53. The van der Waals surface area contributed by atoms with E-state index in [1.165, 1.54) is 17.0 Å². The van der Waals surface area contributed by atoms with E-state index in [0.29, 0.717) is 18.9 Å². The van der Waals surface area contributed by atoms with Crippen LogP contribution >= 0.6 is 0 Å². The van der Waals surface area contributed by atoms with Crippen molar-refractivity contribution in [3.05, 3.63) is 126 Å². The van der Waals surface area contributed by atoms with Crippen LogP contribution in [0.15, 0.2) is 114 Å². The van der Waals surface area contributed by atoms with Crippen LogP contribution < -0.4 is 14.4 Å². The molecule has 0 fully saturated rings. The number of amides is 2. The fraction of sp³-hybridized carbons (Fsp3) is 0.257. The molecule has 4 rings (SSSR count). The van der Waals surface area contributed by atoms with Gasteiger partial charge in [0.25, 0.3) is 10.0 Å². The van der Waals surface area contributed by atoms with Crippen molar-refractivity contribution in [2.75, 3.05) is 24.0 Å². The van der Waals surface area contributed by atoms with E-state index in [-0.39, 0.29) is 29.5 Å². The monoisotopic (exact) mass is 613 g/mol. The van der Waals surface area contributed by atoms with Gasteiger partial charge in [-0.15, -0.1) is 0 Å². The Hall–Kier alpha value is -4.63. The molecule has 0 aromatic heterocycles. The number of nitrogens with zero attached hydrogens (tertiary/aromatic N) is 2. The normalized spacial score (nSPS) is 11.8. The van der Waals surface area contributed by atoms with Crippen LogP contribution in [0.3, 0.4) is 0 Å². The predicted molar refractivity (Wildman–Crippen MR) is 173 cm³/mol. The van der Waals surface area contributed by atoms with Gasteiger partial charge in [-0.1, -0.05) is 90.5 Å². The maximum atomic E-state index is 14.5. The zero-order valence-corrected chi connectivity index (χ0v) is 26.2. The van der Waals surface area contributed by atoms with Gasteiger partial charge in [-0.25, -0.2) is 8.42 Å². The first-order valence-electron chi connectivity index (χ1n) is 14.7. The summed E-state index contributed by atoms with van der Waals surface area (Å²) in [4.78, 5) is 29.6. The highest BCUT2D eigenvalue weighted by atomic mass is 32.2. The third-order valence-electron chi connectivity index (χ3n) is 7.14. The third kappa shape index (κ3) is 8.05. The molecule has 0 unspecified atom stereocenters. The molecule has 2 amide bonds. The molecule has 0 saturated heterocycles. The Morgan fingerprint density at radius 3 is 2.05 bits per heavy atom. The largest absolute Gasteiger partial charge is 0.492 e. The Labute approximate surface area is 260 Å². The van der Waals surface area contributed by atoms with Crippen molar-refractivity contribution in [3.63, 3.8) is 0 Å². The van der Waals surface area contributed by atoms with Crippen LogP contribution in [-0.4, -0.2) is 50.9 Å². The zero-order chi connectivity index (χ0) is 31.5. The van der Waals surface area contributed by atoms with Gasteiger partial charge in [0.05, 0.1) is 17.2 Å². The number of carbonyl (C=O) groups is 2. The zero-order valence-electron chi connectivity index (χ0n) is 25.3. The summed E-state index contributed by atoms with van der Waals surface area (Å²) in [5.41, 5.74) is 2.99. The fourth-order valence-electron chi connectivity index (χ4n) is 4.91. The number of carbonyl (C=O) groups excluding carboxylic acids is 2. The quantitative estimate of drug-likeness (QED) is 0.207. The molecule has 0 bridgehead atoms. The SMILES string of the molecule is CCNC(=O)[C@H](Cc1ccccc1)N(Cc1ccc(C)cc1)C(=O)CN(c1ccccc1OCC)S(=O)(=O)c1ccccc1. The Bertz CT molecular complexity index is 1630. The molecule has 9 heteroatoms. The predicted octanol–water partition coefficient (Wildman–Crippen LogP) is 5.37. The minimum atomic E-state index is -4.21. The minimum Gasteiger partial charge on any atom is -0.492 e. The highest BCUT2D eigenvalue weighted by molar-refractivity contribution is 7.92. The van der Waals surface area contributed by atoms with Gasteiger partial charge in [0.1, 0.15) is 18.3 Å². The summed E-state index contributed by atoms with van der Waals surface area (Å²) in [6.07, 6.45) is 0.255. The smallest absolute Gasteiger partial charge is 0.264 e. The summed E-state index contributed by atoms with van der Waals surface area (Å²) < 4.78 is 35.2. The van der Waals surface area contributed by atoms with Crippen molar-refractivity contribution < 1.29 is 22.7 Å². The lowest BCUT2D eigenvalue weighted by Gasteiger charge is -2.34. The van der Waals surface area contributed by atoms with Crippen molar-refractivity contribution in [2.24, 2.45) is 0 Å². The van der Waals surface area contributed by atoms with Gasteiger partial charge >= 0.3 is 0 Å². The maximum Gasteiger partial charge on any atom is 0.264 e. The van der Waals surface area contributed by atoms with Crippen LogP contribution in [0, 0.1) is 6.92 Å². The van der Waals surface area contributed by atoms with E-state index >= 15 is 0 Å². The molecule has 8 nitrogen and oxygen atoms in total. The molecule has 0 aliphatic carbocycles. The lowest BCUT2D eigenvalue weighted by atomic mass is 10.0. The fourth-order valence-corrected chi connectivity index (χ4v) is 6.36. The van der Waals surface area contributed by atoms with E-state index < -0.39 is 28.5 Å². The lowest BCUT2D eigenvalue weighted by molar-refractivity contribution is -0.140. The minimum absolute atomic E-state index is 0.0359. The summed E-state index contributed by atoms with van der Waals surface area (Å²) >= 11 is 0. The van der Waals surface area contributed by atoms with E-state index in [1.807, 2.05) is 75.4 Å². The number of rotatable bonds is 14. The molecule has 1 atom stereocenters. The Balaban J connectivity index is 1.82. The first-order chi connectivity index (χ1) is 21.2. The van der Waals surface area contributed by atoms with Crippen molar-refractivity contribution >= 4 is 27.5 Å². The van der Waals surface area contributed by atoms with Crippen molar-refractivity contribution in [1.29, 1.82) is 0 Å². The van der Waals surface area contributed by atoms with Gasteiger partial charge < -0.3 is 15.0 Å².